The van der Waals surface area contributed by atoms with E-state index in [2.05, 4.69) is 5.32 Å². The molecule has 47 heavy (non-hydrogen) atoms. The Balaban J connectivity index is 1.85. The first kappa shape index (κ1) is 35.0. The molecule has 0 aliphatic heterocycles. The zero-order valence-corrected chi connectivity index (χ0v) is 28.4. The molecular weight excluding hydrogens is 614 g/mol. The van der Waals surface area contributed by atoms with Gasteiger partial charge in [-0.05, 0) is 73.4 Å². The fourth-order valence-corrected chi connectivity index (χ4v) is 6.65. The summed E-state index contributed by atoms with van der Waals surface area (Å²) < 4.78 is 40.8. The Morgan fingerprint density at radius 1 is 0.809 bits per heavy atom. The number of ether oxygens (including phenoxy) is 2. The molecule has 10 heteroatoms. The minimum absolute atomic E-state index is 0.0281. The zero-order chi connectivity index (χ0) is 34.0. The van der Waals surface area contributed by atoms with Crippen LogP contribution in [0, 0.1) is 13.8 Å². The number of carbonyl (C=O) groups is 2. The van der Waals surface area contributed by atoms with Crippen molar-refractivity contribution in [2.45, 2.75) is 51.1 Å². The number of nitrogens with one attached hydrogen (secondary N) is 1. The minimum Gasteiger partial charge on any atom is -0.497 e. The third-order valence-electron chi connectivity index (χ3n) is 7.80. The Morgan fingerprint density at radius 3 is 2.15 bits per heavy atom. The van der Waals surface area contributed by atoms with Gasteiger partial charge in [-0.15, -0.1) is 0 Å². The molecule has 4 rings (SSSR count). The molecule has 0 radical (unpaired) electrons. The van der Waals surface area contributed by atoms with Gasteiger partial charge in [0.05, 0.1) is 24.8 Å². The van der Waals surface area contributed by atoms with Gasteiger partial charge >= 0.3 is 0 Å². The third-order valence-corrected chi connectivity index (χ3v) is 9.57. The lowest BCUT2D eigenvalue weighted by Gasteiger charge is -2.34. The number of rotatable bonds is 15. The molecule has 0 saturated carbocycles. The fourth-order valence-electron chi connectivity index (χ4n) is 5.23. The average Bonchev–Trinajstić information content (AvgIpc) is 3.08. The normalized spacial score (nSPS) is 11.8. The van der Waals surface area contributed by atoms with E-state index in [0.29, 0.717) is 24.5 Å². The summed E-state index contributed by atoms with van der Waals surface area (Å²) in [6.45, 7) is 5.55. The summed E-state index contributed by atoms with van der Waals surface area (Å²) in [5, 5.41) is 2.96. The molecule has 0 saturated heterocycles. The largest absolute Gasteiger partial charge is 0.497 e. The van der Waals surface area contributed by atoms with E-state index >= 15 is 0 Å². The second-order valence-electron chi connectivity index (χ2n) is 11.4. The minimum atomic E-state index is -4.27. The molecule has 4 aromatic carbocycles. The van der Waals surface area contributed by atoms with E-state index < -0.39 is 28.5 Å². The van der Waals surface area contributed by atoms with Crippen molar-refractivity contribution in [3.8, 4) is 11.5 Å². The molecule has 0 aromatic heterocycles. The molecule has 0 fully saturated rings. The van der Waals surface area contributed by atoms with Gasteiger partial charge in [0.2, 0.25) is 11.8 Å². The SMILES string of the molecule is CCCNC(=O)C(Cc1ccccc1)N(Cc1cccc(OC)c1)C(=O)CN(c1cc(C)ccc1OC)S(=O)(=O)c1ccc(C)cc1. The Morgan fingerprint density at radius 2 is 1.49 bits per heavy atom. The van der Waals surface area contributed by atoms with Crippen LogP contribution in [0.3, 0.4) is 0 Å². The first-order chi connectivity index (χ1) is 22.6. The molecular formula is C37H43N3O6S. The van der Waals surface area contributed by atoms with Gasteiger partial charge in [-0.3, -0.25) is 13.9 Å². The van der Waals surface area contributed by atoms with Crippen LogP contribution in [0.15, 0.2) is 102 Å². The predicted octanol–water partition coefficient (Wildman–Crippen LogP) is 5.68. The molecule has 2 amide bonds. The number of methoxy groups -OCH3 is 2. The highest BCUT2D eigenvalue weighted by Crippen LogP contribution is 2.34. The molecule has 0 aliphatic rings. The molecule has 1 atom stereocenters. The summed E-state index contributed by atoms with van der Waals surface area (Å²) in [7, 11) is -1.25. The van der Waals surface area contributed by atoms with E-state index in [1.165, 1.54) is 24.1 Å². The van der Waals surface area contributed by atoms with E-state index in [9.17, 15) is 18.0 Å². The maximum atomic E-state index is 14.7. The van der Waals surface area contributed by atoms with Gasteiger partial charge in [-0.1, -0.05) is 73.2 Å². The number of hydrogen-bond donors (Lipinski definition) is 1. The van der Waals surface area contributed by atoms with Crippen LogP contribution in [0.1, 0.15) is 35.6 Å². The van der Waals surface area contributed by atoms with Crippen molar-refractivity contribution in [2.24, 2.45) is 0 Å². The van der Waals surface area contributed by atoms with Crippen LogP contribution in [0.5, 0.6) is 11.5 Å². The highest BCUT2D eigenvalue weighted by atomic mass is 32.2. The number of anilines is 1. The van der Waals surface area contributed by atoms with Crippen molar-refractivity contribution >= 4 is 27.5 Å². The van der Waals surface area contributed by atoms with E-state index in [-0.39, 0.29) is 29.5 Å². The lowest BCUT2D eigenvalue weighted by molar-refractivity contribution is -0.140. The lowest BCUT2D eigenvalue weighted by Crippen LogP contribution is -2.53. The van der Waals surface area contributed by atoms with E-state index in [4.69, 9.17) is 9.47 Å². The zero-order valence-electron chi connectivity index (χ0n) is 27.6. The Bertz CT molecular complexity index is 1760. The first-order valence-corrected chi connectivity index (χ1v) is 17.0. The second-order valence-corrected chi connectivity index (χ2v) is 13.2. The van der Waals surface area contributed by atoms with Crippen molar-refractivity contribution in [1.29, 1.82) is 0 Å². The highest BCUT2D eigenvalue weighted by Gasteiger charge is 2.35. The van der Waals surface area contributed by atoms with Gasteiger partial charge < -0.3 is 19.7 Å². The van der Waals surface area contributed by atoms with Crippen molar-refractivity contribution < 1.29 is 27.5 Å². The molecule has 0 heterocycles. The lowest BCUT2D eigenvalue weighted by atomic mass is 10.0. The molecule has 0 bridgehead atoms. The topological polar surface area (TPSA) is 105 Å². The van der Waals surface area contributed by atoms with Crippen LogP contribution in [-0.4, -0.2) is 58.5 Å². The number of carbonyl (C=O) groups excluding carboxylic acids is 2. The van der Waals surface area contributed by atoms with E-state index in [1.54, 1.807) is 43.5 Å². The van der Waals surface area contributed by atoms with Gasteiger partial charge in [0.25, 0.3) is 10.0 Å². The summed E-state index contributed by atoms with van der Waals surface area (Å²) in [6, 6.07) is 27.4. The molecule has 0 spiro atoms. The van der Waals surface area contributed by atoms with Crippen molar-refractivity contribution in [2.75, 3.05) is 31.6 Å². The van der Waals surface area contributed by atoms with E-state index in [0.717, 1.165) is 26.6 Å². The van der Waals surface area contributed by atoms with Crippen LogP contribution in [0.2, 0.25) is 0 Å². The molecule has 1 N–H and O–H groups in total. The van der Waals surface area contributed by atoms with Gasteiger partial charge in [0.15, 0.2) is 0 Å². The molecule has 248 valence electrons. The number of benzene rings is 4. The standard InChI is InChI=1S/C37H43N3O6S/c1-6-21-38-37(42)34(24-29-11-8-7-9-12-29)39(25-30-13-10-14-31(23-30)45-4)36(41)26-40(33-22-28(3)17-20-35(33)46-5)47(43,44)32-18-15-27(2)16-19-32/h7-20,22-23,34H,6,21,24-26H2,1-5H3,(H,38,42). The van der Waals surface area contributed by atoms with Gasteiger partial charge in [0, 0.05) is 19.5 Å². The summed E-state index contributed by atoms with van der Waals surface area (Å²) >= 11 is 0. The first-order valence-electron chi connectivity index (χ1n) is 15.6. The quantitative estimate of drug-likeness (QED) is 0.176. The van der Waals surface area contributed by atoms with Crippen LogP contribution in [0.4, 0.5) is 5.69 Å². The molecule has 9 nitrogen and oxygen atoms in total. The summed E-state index contributed by atoms with van der Waals surface area (Å²) in [6.07, 6.45) is 0.938. The van der Waals surface area contributed by atoms with Crippen LogP contribution in [0.25, 0.3) is 0 Å². The van der Waals surface area contributed by atoms with E-state index in [1.807, 2.05) is 69.3 Å². The van der Waals surface area contributed by atoms with Crippen LogP contribution < -0.4 is 19.1 Å². The van der Waals surface area contributed by atoms with Crippen molar-refractivity contribution in [3.63, 3.8) is 0 Å². The Kier molecular flexibility index (Phi) is 12.0. The predicted molar refractivity (Wildman–Crippen MR) is 184 cm³/mol. The Hall–Kier alpha value is -4.83. The van der Waals surface area contributed by atoms with Gasteiger partial charge in [-0.2, -0.15) is 0 Å². The maximum Gasteiger partial charge on any atom is 0.264 e. The molecule has 0 aliphatic carbocycles. The summed E-state index contributed by atoms with van der Waals surface area (Å²) in [5.74, 6) is 0.00523. The second kappa shape index (κ2) is 16.1. The summed E-state index contributed by atoms with van der Waals surface area (Å²) in [5.41, 5.74) is 3.48. The Labute approximate surface area is 278 Å². The van der Waals surface area contributed by atoms with Crippen molar-refractivity contribution in [1.82, 2.24) is 10.2 Å². The number of nitrogens with zero attached hydrogens (tertiary/aromatic N) is 2. The number of hydrogen-bond acceptors (Lipinski definition) is 6. The van der Waals surface area contributed by atoms with Crippen LogP contribution in [-0.2, 0) is 32.6 Å². The monoisotopic (exact) mass is 657 g/mol. The van der Waals surface area contributed by atoms with Gasteiger partial charge in [0.1, 0.15) is 24.1 Å². The fraction of sp³-hybridized carbons (Fsp3) is 0.297. The third kappa shape index (κ3) is 8.92. The van der Waals surface area contributed by atoms with Crippen molar-refractivity contribution in [3.05, 3.63) is 119 Å². The molecule has 1 unspecified atom stereocenters. The number of aryl methyl sites for hydroxylation is 2. The van der Waals surface area contributed by atoms with Gasteiger partial charge in [-0.25, -0.2) is 8.42 Å². The molecule has 4 aromatic rings. The highest BCUT2D eigenvalue weighted by molar-refractivity contribution is 7.92. The van der Waals surface area contributed by atoms with Crippen LogP contribution >= 0.6 is 0 Å². The number of amides is 2. The number of sulfonamides is 1. The average molecular weight is 658 g/mol. The summed E-state index contributed by atoms with van der Waals surface area (Å²) in [4.78, 5) is 30.0. The maximum absolute atomic E-state index is 14.7. The smallest absolute Gasteiger partial charge is 0.264 e.